The summed E-state index contributed by atoms with van der Waals surface area (Å²) in [6.07, 6.45) is 5.67. The summed E-state index contributed by atoms with van der Waals surface area (Å²) in [5, 5.41) is 10.9. The molecule has 4 aromatic rings. The van der Waals surface area contributed by atoms with Crippen molar-refractivity contribution in [2.24, 2.45) is 0 Å². The molecule has 2 aliphatic rings. The number of imide groups is 2. The summed E-state index contributed by atoms with van der Waals surface area (Å²) in [7, 11) is 0. The normalized spacial score (nSPS) is 16.3. The zero-order valence-electron chi connectivity index (χ0n) is 23.1. The van der Waals surface area contributed by atoms with Crippen molar-refractivity contribution in [3.05, 3.63) is 105 Å². The van der Waals surface area contributed by atoms with Crippen molar-refractivity contribution in [1.82, 2.24) is 4.57 Å². The van der Waals surface area contributed by atoms with Gasteiger partial charge in [-0.3, -0.25) is 9.59 Å². The minimum absolute atomic E-state index is 0.111. The number of barbiturate groups is 1. The van der Waals surface area contributed by atoms with Crippen molar-refractivity contribution in [3.63, 3.8) is 0 Å². The van der Waals surface area contributed by atoms with Crippen LogP contribution in [0.3, 0.4) is 0 Å². The second-order valence-corrected chi connectivity index (χ2v) is 11.5. The predicted octanol–water partition coefficient (Wildman–Crippen LogP) is 6.80. The molecule has 204 valence electrons. The summed E-state index contributed by atoms with van der Waals surface area (Å²) in [5.74, 6) is -1.35. The van der Waals surface area contributed by atoms with Crippen LogP contribution in [0.5, 0.6) is 0 Å². The Morgan fingerprint density at radius 1 is 0.854 bits per heavy atom. The van der Waals surface area contributed by atoms with E-state index in [0.29, 0.717) is 22.5 Å². The Bertz CT molecular complexity index is 1790. The molecule has 0 N–H and O–H groups in total. The number of aryl methyl sites for hydroxylation is 3. The molecule has 1 aliphatic heterocycles. The summed E-state index contributed by atoms with van der Waals surface area (Å²) in [6, 6.07) is 19.3. The first-order valence-electron chi connectivity index (χ1n) is 13.6. The van der Waals surface area contributed by atoms with Gasteiger partial charge in [0.1, 0.15) is 16.6 Å². The lowest BCUT2D eigenvalue weighted by Gasteiger charge is -2.34. The fourth-order valence-corrected chi connectivity index (χ4v) is 7.13. The third-order valence-corrected chi connectivity index (χ3v) is 9.07. The lowest BCUT2D eigenvalue weighted by Crippen LogP contribution is -2.57. The third kappa shape index (κ3) is 4.39. The predicted molar refractivity (Wildman–Crippen MR) is 160 cm³/mol. The molecular formula is C33H28N4O3S. The zero-order valence-corrected chi connectivity index (χ0v) is 23.9. The molecule has 7 nitrogen and oxygen atoms in total. The Hall–Kier alpha value is -4.74. The van der Waals surface area contributed by atoms with Crippen molar-refractivity contribution in [2.45, 2.75) is 46.5 Å². The number of rotatable bonds is 4. The molecule has 0 radical (unpaired) electrons. The average Bonchev–Trinajstić information content (AvgIpc) is 3.47. The largest absolute Gasteiger partial charge is 0.343 e. The first kappa shape index (κ1) is 26.5. The van der Waals surface area contributed by atoms with Crippen LogP contribution in [0.1, 0.15) is 51.4 Å². The second kappa shape index (κ2) is 10.3. The summed E-state index contributed by atoms with van der Waals surface area (Å²) >= 11 is 1.65. The van der Waals surface area contributed by atoms with Gasteiger partial charge in [-0.2, -0.15) is 5.26 Å². The number of nitrogens with zero attached hydrogens (tertiary/aromatic N) is 4. The van der Waals surface area contributed by atoms with Gasteiger partial charge in [0.25, 0.3) is 11.8 Å². The van der Waals surface area contributed by atoms with Crippen LogP contribution in [0.25, 0.3) is 11.1 Å². The number of thiophene rings is 1. The highest BCUT2D eigenvalue weighted by Gasteiger charge is 2.44. The summed E-state index contributed by atoms with van der Waals surface area (Å²) in [6.45, 7) is 5.80. The van der Waals surface area contributed by atoms with Crippen LogP contribution in [0.4, 0.5) is 16.2 Å². The lowest BCUT2D eigenvalue weighted by molar-refractivity contribution is -0.121. The number of carbonyl (C=O) groups is 3. The molecule has 8 heteroatoms. The molecule has 4 amide bonds. The molecule has 6 rings (SSSR count). The minimum atomic E-state index is -0.722. The highest BCUT2D eigenvalue weighted by molar-refractivity contribution is 7.15. The Labute approximate surface area is 242 Å². The zero-order chi connectivity index (χ0) is 28.8. The van der Waals surface area contributed by atoms with Crippen LogP contribution in [0.2, 0.25) is 0 Å². The molecule has 41 heavy (non-hydrogen) atoms. The van der Waals surface area contributed by atoms with Crippen LogP contribution < -0.4 is 9.80 Å². The third-order valence-electron chi connectivity index (χ3n) is 7.79. The van der Waals surface area contributed by atoms with Crippen molar-refractivity contribution in [2.75, 3.05) is 9.80 Å². The molecule has 1 fully saturated rings. The van der Waals surface area contributed by atoms with Gasteiger partial charge in [-0.05, 0) is 94.0 Å². The van der Waals surface area contributed by atoms with E-state index in [0.717, 1.165) is 63.0 Å². The SMILES string of the molecule is Cc1ccc(N2C(=O)/C(=C/c3cc(C)n(-c4sc5c(c4C#N)CCCC5)c3C)C(=O)N(c3ccccc3)C2=O)cc1. The van der Waals surface area contributed by atoms with E-state index in [1.165, 1.54) is 4.88 Å². The van der Waals surface area contributed by atoms with E-state index in [4.69, 9.17) is 0 Å². The van der Waals surface area contributed by atoms with Crippen LogP contribution in [-0.4, -0.2) is 22.4 Å². The minimum Gasteiger partial charge on any atom is -0.308 e. The number of anilines is 2. The summed E-state index contributed by atoms with van der Waals surface area (Å²) in [4.78, 5) is 44.7. The Kier molecular flexibility index (Phi) is 6.68. The number of amides is 4. The van der Waals surface area contributed by atoms with Crippen LogP contribution in [-0.2, 0) is 22.4 Å². The summed E-state index contributed by atoms with van der Waals surface area (Å²) in [5.41, 5.74) is 5.89. The monoisotopic (exact) mass is 560 g/mol. The smallest absolute Gasteiger partial charge is 0.308 e. The van der Waals surface area contributed by atoms with Crippen molar-refractivity contribution in [1.29, 1.82) is 5.26 Å². The van der Waals surface area contributed by atoms with Gasteiger partial charge in [-0.1, -0.05) is 35.9 Å². The molecule has 0 unspecified atom stereocenters. The number of carbonyl (C=O) groups excluding carboxylic acids is 3. The molecule has 1 saturated heterocycles. The summed E-state index contributed by atoms with van der Waals surface area (Å²) < 4.78 is 2.05. The number of hydrogen-bond donors (Lipinski definition) is 0. The number of hydrogen-bond acceptors (Lipinski definition) is 5. The Morgan fingerprint density at radius 3 is 2.15 bits per heavy atom. The van der Waals surface area contributed by atoms with Crippen molar-refractivity contribution < 1.29 is 14.4 Å². The van der Waals surface area contributed by atoms with Crippen molar-refractivity contribution >= 4 is 46.6 Å². The van der Waals surface area contributed by atoms with Crippen LogP contribution in [0, 0.1) is 32.1 Å². The second-order valence-electron chi connectivity index (χ2n) is 10.5. The van der Waals surface area contributed by atoms with E-state index in [2.05, 4.69) is 6.07 Å². The first-order chi connectivity index (χ1) is 19.8. The van der Waals surface area contributed by atoms with E-state index in [1.54, 1.807) is 59.9 Å². The van der Waals surface area contributed by atoms with E-state index in [1.807, 2.05) is 43.5 Å². The standard InChI is InChI=1S/C33H28N4O3S/c1-20-13-15-25(16-14-20)37-31(39)27(30(38)36(33(37)40)24-9-5-4-6-10-24)18-23-17-21(2)35(22(23)3)32-28(19-34)26-11-7-8-12-29(26)41-32/h4-6,9-10,13-18H,7-8,11-12H2,1-3H3/b27-18+. The maximum Gasteiger partial charge on any atom is 0.343 e. The lowest BCUT2D eigenvalue weighted by atomic mass is 9.96. The molecule has 0 atom stereocenters. The highest BCUT2D eigenvalue weighted by atomic mass is 32.1. The van der Waals surface area contributed by atoms with E-state index in [-0.39, 0.29) is 5.57 Å². The van der Waals surface area contributed by atoms with E-state index >= 15 is 0 Å². The first-order valence-corrected chi connectivity index (χ1v) is 14.4. The van der Waals surface area contributed by atoms with E-state index < -0.39 is 17.8 Å². The number of aromatic nitrogens is 1. The molecule has 1 aliphatic carbocycles. The maximum atomic E-state index is 13.9. The topological polar surface area (TPSA) is 86.4 Å². The molecule has 0 spiro atoms. The molecular weight excluding hydrogens is 532 g/mol. The van der Waals surface area contributed by atoms with E-state index in [9.17, 15) is 19.6 Å². The van der Waals surface area contributed by atoms with Crippen molar-refractivity contribution in [3.8, 4) is 11.1 Å². The number of fused-ring (bicyclic) bond motifs is 1. The maximum absolute atomic E-state index is 13.9. The number of benzene rings is 2. The van der Waals surface area contributed by atoms with Gasteiger partial charge in [-0.15, -0.1) is 11.3 Å². The highest BCUT2D eigenvalue weighted by Crippen LogP contribution is 2.39. The number of urea groups is 1. The van der Waals surface area contributed by atoms with Gasteiger partial charge >= 0.3 is 6.03 Å². The molecule has 2 aromatic carbocycles. The Balaban J connectivity index is 1.49. The van der Waals surface area contributed by atoms with Gasteiger partial charge in [0.2, 0.25) is 0 Å². The fraction of sp³-hybridized carbons (Fsp3) is 0.212. The fourth-order valence-electron chi connectivity index (χ4n) is 5.68. The van der Waals surface area contributed by atoms with Gasteiger partial charge in [0.15, 0.2) is 0 Å². The molecule has 2 aromatic heterocycles. The van der Waals surface area contributed by atoms with Gasteiger partial charge in [0, 0.05) is 16.3 Å². The molecule has 0 saturated carbocycles. The number of para-hydroxylation sites is 1. The van der Waals surface area contributed by atoms with Crippen LogP contribution >= 0.6 is 11.3 Å². The van der Waals surface area contributed by atoms with Gasteiger partial charge < -0.3 is 4.57 Å². The molecule has 0 bridgehead atoms. The Morgan fingerprint density at radius 2 is 1.49 bits per heavy atom. The van der Waals surface area contributed by atoms with Gasteiger partial charge in [-0.25, -0.2) is 14.6 Å². The van der Waals surface area contributed by atoms with Crippen LogP contribution in [0.15, 0.2) is 66.2 Å². The average molecular weight is 561 g/mol. The van der Waals surface area contributed by atoms with Gasteiger partial charge in [0.05, 0.1) is 16.9 Å². The number of nitriles is 1. The quantitative estimate of drug-likeness (QED) is 0.203. The molecule has 3 heterocycles.